The number of aliphatic carboxylic acids is 1. The van der Waals surface area contributed by atoms with Gasteiger partial charge in [-0.2, -0.15) is 0 Å². The zero-order valence-corrected chi connectivity index (χ0v) is 8.18. The van der Waals surface area contributed by atoms with Crippen LogP contribution in [0.15, 0.2) is 0 Å². The Labute approximate surface area is 75.0 Å². The lowest BCUT2D eigenvalue weighted by Gasteiger charge is -2.10. The molecule has 1 atom stereocenters. The molecule has 0 spiro atoms. The van der Waals surface area contributed by atoms with Crippen molar-refractivity contribution in [3.8, 4) is 0 Å². The van der Waals surface area contributed by atoms with Crippen molar-refractivity contribution in [1.29, 1.82) is 0 Å². The smallest absolute Gasteiger partial charge is 0.303 e. The Bertz CT molecular complexity index is 121. The number of hydrogen-bond acceptors (Lipinski definition) is 1. The van der Waals surface area contributed by atoms with Crippen molar-refractivity contribution in [2.24, 2.45) is 5.92 Å². The van der Waals surface area contributed by atoms with Gasteiger partial charge in [-0.1, -0.05) is 39.5 Å². The van der Waals surface area contributed by atoms with E-state index in [4.69, 9.17) is 5.11 Å². The number of carbonyl (C=O) groups is 1. The number of rotatable bonds is 7. The van der Waals surface area contributed by atoms with Gasteiger partial charge in [-0.05, 0) is 12.3 Å². The Balaban J connectivity index is 3.46. The molecule has 0 aromatic heterocycles. The van der Waals surface area contributed by atoms with Gasteiger partial charge in [-0.3, -0.25) is 4.79 Å². The fraction of sp³-hybridized carbons (Fsp3) is 0.900. The lowest BCUT2D eigenvalue weighted by molar-refractivity contribution is -0.138. The molecular weight excluding hydrogens is 152 g/mol. The van der Waals surface area contributed by atoms with Gasteiger partial charge >= 0.3 is 5.97 Å². The van der Waals surface area contributed by atoms with E-state index >= 15 is 0 Å². The molecule has 0 aliphatic rings. The third-order valence-corrected chi connectivity index (χ3v) is 2.26. The summed E-state index contributed by atoms with van der Waals surface area (Å²) in [6.07, 6.45) is 6.05. The van der Waals surface area contributed by atoms with E-state index in [0.29, 0.717) is 12.3 Å². The van der Waals surface area contributed by atoms with Crippen molar-refractivity contribution in [1.82, 2.24) is 0 Å². The van der Waals surface area contributed by atoms with Crippen LogP contribution in [0.2, 0.25) is 0 Å². The molecule has 0 aliphatic heterocycles. The minimum Gasteiger partial charge on any atom is -0.481 e. The molecule has 0 unspecified atom stereocenters. The molecular formula is C10H20O2. The SMILES string of the molecule is CCCCC[C@@H](CC)CC(=O)O. The second-order valence-electron chi connectivity index (χ2n) is 3.37. The highest BCUT2D eigenvalue weighted by molar-refractivity contribution is 5.66. The van der Waals surface area contributed by atoms with Crippen LogP contribution < -0.4 is 0 Å². The molecule has 12 heavy (non-hydrogen) atoms. The van der Waals surface area contributed by atoms with E-state index in [1.165, 1.54) is 19.3 Å². The zero-order chi connectivity index (χ0) is 9.40. The molecule has 0 heterocycles. The summed E-state index contributed by atoms with van der Waals surface area (Å²) in [5.74, 6) is -0.257. The number of unbranched alkanes of at least 4 members (excludes halogenated alkanes) is 2. The molecule has 2 nitrogen and oxygen atoms in total. The van der Waals surface area contributed by atoms with Crippen LogP contribution in [-0.4, -0.2) is 11.1 Å². The van der Waals surface area contributed by atoms with Crippen LogP contribution in [0, 0.1) is 5.92 Å². The summed E-state index contributed by atoms with van der Waals surface area (Å²) in [7, 11) is 0. The van der Waals surface area contributed by atoms with Crippen molar-refractivity contribution < 1.29 is 9.90 Å². The number of hydrogen-bond donors (Lipinski definition) is 1. The maximum absolute atomic E-state index is 10.4. The van der Waals surface area contributed by atoms with E-state index in [9.17, 15) is 4.79 Å². The summed E-state index contributed by atoms with van der Waals surface area (Å²) < 4.78 is 0. The topological polar surface area (TPSA) is 37.3 Å². The standard InChI is InChI=1S/C10H20O2/c1-3-5-6-7-9(4-2)8-10(11)12/h9H,3-8H2,1-2H3,(H,11,12)/t9-/m1/s1. The molecule has 72 valence electrons. The van der Waals surface area contributed by atoms with Crippen LogP contribution in [0.1, 0.15) is 52.4 Å². The summed E-state index contributed by atoms with van der Waals surface area (Å²) in [5, 5.41) is 8.57. The van der Waals surface area contributed by atoms with Crippen molar-refractivity contribution >= 4 is 5.97 Å². The summed E-state index contributed by atoms with van der Waals surface area (Å²) in [6.45, 7) is 4.23. The first-order chi connectivity index (χ1) is 5.70. The molecule has 0 fully saturated rings. The minimum atomic E-state index is -0.654. The highest BCUT2D eigenvalue weighted by atomic mass is 16.4. The second-order valence-corrected chi connectivity index (χ2v) is 3.37. The molecule has 0 aliphatic carbocycles. The summed E-state index contributed by atoms with van der Waals surface area (Å²) in [6, 6.07) is 0. The van der Waals surface area contributed by atoms with E-state index in [-0.39, 0.29) is 0 Å². The first kappa shape index (κ1) is 11.5. The molecule has 0 bridgehead atoms. The molecule has 2 heteroatoms. The molecule has 0 aromatic carbocycles. The van der Waals surface area contributed by atoms with E-state index in [2.05, 4.69) is 13.8 Å². The van der Waals surface area contributed by atoms with Gasteiger partial charge in [0.25, 0.3) is 0 Å². The van der Waals surface area contributed by atoms with Crippen molar-refractivity contribution in [3.63, 3.8) is 0 Å². The van der Waals surface area contributed by atoms with Crippen molar-refractivity contribution in [3.05, 3.63) is 0 Å². The maximum atomic E-state index is 10.4. The monoisotopic (exact) mass is 172 g/mol. The summed E-state index contributed by atoms with van der Waals surface area (Å²) >= 11 is 0. The van der Waals surface area contributed by atoms with Crippen LogP contribution in [-0.2, 0) is 4.79 Å². The fourth-order valence-corrected chi connectivity index (χ4v) is 1.38. The van der Waals surface area contributed by atoms with E-state index < -0.39 is 5.97 Å². The lowest BCUT2D eigenvalue weighted by atomic mass is 9.95. The molecule has 0 saturated carbocycles. The largest absolute Gasteiger partial charge is 0.481 e. The van der Waals surface area contributed by atoms with Gasteiger partial charge < -0.3 is 5.11 Å². The van der Waals surface area contributed by atoms with Crippen LogP contribution in [0.3, 0.4) is 0 Å². The van der Waals surface area contributed by atoms with Crippen LogP contribution in [0.5, 0.6) is 0 Å². The number of carboxylic acid groups (broad SMARTS) is 1. The van der Waals surface area contributed by atoms with Gasteiger partial charge in [-0.25, -0.2) is 0 Å². The Hall–Kier alpha value is -0.530. The molecule has 1 N–H and O–H groups in total. The predicted molar refractivity (Wildman–Crippen MR) is 50.2 cm³/mol. The second kappa shape index (κ2) is 7.14. The normalized spacial score (nSPS) is 12.8. The van der Waals surface area contributed by atoms with Crippen molar-refractivity contribution in [2.45, 2.75) is 52.4 Å². The third kappa shape index (κ3) is 6.20. The van der Waals surface area contributed by atoms with E-state index in [1.54, 1.807) is 0 Å². The Morgan fingerprint density at radius 3 is 2.42 bits per heavy atom. The van der Waals surface area contributed by atoms with Gasteiger partial charge in [0.1, 0.15) is 0 Å². The van der Waals surface area contributed by atoms with Crippen molar-refractivity contribution in [2.75, 3.05) is 0 Å². The van der Waals surface area contributed by atoms with Gasteiger partial charge in [-0.15, -0.1) is 0 Å². The first-order valence-electron chi connectivity index (χ1n) is 4.92. The minimum absolute atomic E-state index is 0.347. The molecule has 0 aromatic rings. The Morgan fingerprint density at radius 1 is 1.33 bits per heavy atom. The highest BCUT2D eigenvalue weighted by Gasteiger charge is 2.09. The van der Waals surface area contributed by atoms with Gasteiger partial charge in [0.05, 0.1) is 0 Å². The quantitative estimate of drug-likeness (QED) is 0.599. The van der Waals surface area contributed by atoms with E-state index in [0.717, 1.165) is 12.8 Å². The van der Waals surface area contributed by atoms with Gasteiger partial charge in [0.15, 0.2) is 0 Å². The van der Waals surface area contributed by atoms with Gasteiger partial charge in [0, 0.05) is 6.42 Å². The Morgan fingerprint density at radius 2 is 2.00 bits per heavy atom. The highest BCUT2D eigenvalue weighted by Crippen LogP contribution is 2.16. The third-order valence-electron chi connectivity index (χ3n) is 2.26. The molecule has 0 saturated heterocycles. The van der Waals surface area contributed by atoms with E-state index in [1.807, 2.05) is 0 Å². The van der Waals surface area contributed by atoms with Crippen LogP contribution >= 0.6 is 0 Å². The van der Waals surface area contributed by atoms with Crippen LogP contribution in [0.4, 0.5) is 0 Å². The first-order valence-corrected chi connectivity index (χ1v) is 4.92. The molecule has 0 rings (SSSR count). The average Bonchev–Trinajstić information content (AvgIpc) is 2.02. The Kier molecular flexibility index (Phi) is 6.82. The number of carboxylic acids is 1. The maximum Gasteiger partial charge on any atom is 0.303 e. The summed E-state index contributed by atoms with van der Waals surface area (Å²) in [5.41, 5.74) is 0. The lowest BCUT2D eigenvalue weighted by Crippen LogP contribution is -2.06. The summed E-state index contributed by atoms with van der Waals surface area (Å²) in [4.78, 5) is 10.4. The fourth-order valence-electron chi connectivity index (χ4n) is 1.38. The predicted octanol–water partition coefficient (Wildman–Crippen LogP) is 3.07. The molecule has 0 radical (unpaired) electrons. The molecule has 0 amide bonds. The zero-order valence-electron chi connectivity index (χ0n) is 8.18. The average molecular weight is 172 g/mol. The van der Waals surface area contributed by atoms with Gasteiger partial charge in [0.2, 0.25) is 0 Å². The van der Waals surface area contributed by atoms with Crippen LogP contribution in [0.25, 0.3) is 0 Å².